The molecule has 34 heavy (non-hydrogen) atoms. The summed E-state index contributed by atoms with van der Waals surface area (Å²) >= 11 is 1.86. The van der Waals surface area contributed by atoms with Crippen LogP contribution in [0.25, 0.3) is 11.0 Å². The van der Waals surface area contributed by atoms with Crippen molar-refractivity contribution in [2.75, 3.05) is 30.4 Å². The lowest BCUT2D eigenvalue weighted by molar-refractivity contribution is 0.414. The average molecular weight is 473 g/mol. The Hall–Kier alpha value is -3.23. The molecule has 0 amide bonds. The van der Waals surface area contributed by atoms with E-state index in [2.05, 4.69) is 58.0 Å². The fourth-order valence-electron chi connectivity index (χ4n) is 4.89. The number of hydrogen-bond acceptors (Lipinski definition) is 7. The Bertz CT molecular complexity index is 1280. The predicted molar refractivity (Wildman–Crippen MR) is 138 cm³/mol. The van der Waals surface area contributed by atoms with Crippen molar-refractivity contribution in [3.63, 3.8) is 0 Å². The van der Waals surface area contributed by atoms with Gasteiger partial charge >= 0.3 is 0 Å². The van der Waals surface area contributed by atoms with Crippen molar-refractivity contribution < 1.29 is 4.74 Å². The second kappa shape index (κ2) is 9.19. The monoisotopic (exact) mass is 472 g/mol. The Morgan fingerprint density at radius 3 is 2.71 bits per heavy atom. The quantitative estimate of drug-likeness (QED) is 0.427. The maximum absolute atomic E-state index is 5.30. The first-order chi connectivity index (χ1) is 16.8. The lowest BCUT2D eigenvalue weighted by atomic mass is 10.0. The third-order valence-corrected chi connectivity index (χ3v) is 7.77. The van der Waals surface area contributed by atoms with E-state index in [0.29, 0.717) is 12.6 Å². The Morgan fingerprint density at radius 2 is 1.88 bits per heavy atom. The molecule has 1 fully saturated rings. The van der Waals surface area contributed by atoms with E-state index in [4.69, 9.17) is 14.8 Å². The minimum Gasteiger partial charge on any atom is -0.497 e. The smallest absolute Gasteiger partial charge is 0.176 e. The molecular weight excluding hydrogens is 444 g/mol. The summed E-state index contributed by atoms with van der Waals surface area (Å²) in [6, 6.07) is 21.4. The zero-order chi connectivity index (χ0) is 22.9. The number of rotatable bonds is 6. The van der Waals surface area contributed by atoms with Gasteiger partial charge in [0.15, 0.2) is 11.3 Å². The zero-order valence-electron chi connectivity index (χ0n) is 19.1. The van der Waals surface area contributed by atoms with Gasteiger partial charge in [-0.3, -0.25) is 9.67 Å². The van der Waals surface area contributed by atoms with Crippen LogP contribution in [-0.2, 0) is 6.54 Å². The van der Waals surface area contributed by atoms with Crippen LogP contribution < -0.4 is 20.3 Å². The maximum Gasteiger partial charge on any atom is 0.176 e. The fourth-order valence-corrected chi connectivity index (χ4v) is 6.16. The lowest BCUT2D eigenvalue weighted by Crippen LogP contribution is -2.48. The van der Waals surface area contributed by atoms with E-state index in [-0.39, 0.29) is 5.50 Å². The number of methoxy groups -OCH3 is 1. The van der Waals surface area contributed by atoms with Gasteiger partial charge in [0.05, 0.1) is 24.9 Å². The molecule has 2 N–H and O–H groups in total. The molecule has 0 saturated carbocycles. The Morgan fingerprint density at radius 1 is 1.06 bits per heavy atom. The van der Waals surface area contributed by atoms with Gasteiger partial charge in [-0.25, -0.2) is 0 Å². The van der Waals surface area contributed by atoms with Crippen LogP contribution >= 0.6 is 11.8 Å². The van der Waals surface area contributed by atoms with E-state index in [9.17, 15) is 0 Å². The molecule has 1 atom stereocenters. The lowest BCUT2D eigenvalue weighted by Gasteiger charge is -2.37. The topological polar surface area (TPSA) is 67.2 Å². The Balaban J connectivity index is 1.32. The van der Waals surface area contributed by atoms with Gasteiger partial charge in [0.2, 0.25) is 0 Å². The van der Waals surface area contributed by atoms with Gasteiger partial charge in [0.1, 0.15) is 11.3 Å². The van der Waals surface area contributed by atoms with Crippen molar-refractivity contribution in [1.29, 1.82) is 0 Å². The number of nitrogens with zero attached hydrogens (tertiary/aromatic N) is 4. The van der Waals surface area contributed by atoms with Crippen LogP contribution in [0.15, 0.2) is 71.8 Å². The minimum atomic E-state index is 0.0787. The normalized spacial score (nSPS) is 18.3. The van der Waals surface area contributed by atoms with E-state index in [1.54, 1.807) is 7.11 Å². The zero-order valence-corrected chi connectivity index (χ0v) is 20.0. The van der Waals surface area contributed by atoms with Crippen LogP contribution in [-0.4, -0.2) is 46.5 Å². The summed E-state index contributed by atoms with van der Waals surface area (Å²) in [5, 5.41) is 12.2. The van der Waals surface area contributed by atoms with Crippen LogP contribution in [0.3, 0.4) is 0 Å². The van der Waals surface area contributed by atoms with Crippen LogP contribution in [0.4, 0.5) is 11.5 Å². The molecule has 1 saturated heterocycles. The van der Waals surface area contributed by atoms with E-state index in [1.807, 2.05) is 40.8 Å². The molecule has 2 aliphatic heterocycles. The molecule has 8 heteroatoms. The molecule has 2 aromatic heterocycles. The largest absolute Gasteiger partial charge is 0.497 e. The number of aromatic nitrogens is 3. The molecule has 4 heterocycles. The highest BCUT2D eigenvalue weighted by atomic mass is 32.2. The predicted octanol–water partition coefficient (Wildman–Crippen LogP) is 4.55. The van der Waals surface area contributed by atoms with Crippen molar-refractivity contribution in [3.8, 4) is 5.75 Å². The van der Waals surface area contributed by atoms with Crippen LogP contribution in [0, 0.1) is 0 Å². The van der Waals surface area contributed by atoms with E-state index in [0.717, 1.165) is 48.5 Å². The molecule has 1 unspecified atom stereocenters. The third kappa shape index (κ3) is 3.97. The first-order valence-electron chi connectivity index (χ1n) is 11.8. The van der Waals surface area contributed by atoms with Crippen molar-refractivity contribution in [2.45, 2.75) is 35.8 Å². The molecule has 0 bridgehead atoms. The molecule has 0 radical (unpaired) electrons. The van der Waals surface area contributed by atoms with Crippen LogP contribution in [0.1, 0.15) is 18.4 Å². The number of hydrogen-bond donors (Lipinski definition) is 2. The van der Waals surface area contributed by atoms with E-state index >= 15 is 0 Å². The number of thioether (sulfide) groups is 1. The summed E-state index contributed by atoms with van der Waals surface area (Å²) in [7, 11) is 1.69. The molecule has 0 aliphatic carbocycles. The van der Waals surface area contributed by atoms with Gasteiger partial charge in [-0.15, -0.1) is 0 Å². The standard InChI is InChI=1S/C26H28N6OS/c1-33-20-10-8-18(9-11-20)17-31-22-6-4-14-28-24(22)25(30-31)29-26-32(19-12-15-27-16-13-19)21-5-2-3-7-23(21)34-26/h2-11,14,19,26-27H,12-13,15-17H2,1H3,(H,29,30). The van der Waals surface area contributed by atoms with Gasteiger partial charge < -0.3 is 20.3 Å². The number of piperidine rings is 1. The minimum absolute atomic E-state index is 0.0787. The van der Waals surface area contributed by atoms with Gasteiger partial charge in [0.25, 0.3) is 0 Å². The molecule has 4 aromatic rings. The van der Waals surface area contributed by atoms with Crippen molar-refractivity contribution in [2.24, 2.45) is 0 Å². The van der Waals surface area contributed by atoms with Gasteiger partial charge in [0, 0.05) is 17.1 Å². The molecule has 0 spiro atoms. The summed E-state index contributed by atoms with van der Waals surface area (Å²) in [4.78, 5) is 8.56. The van der Waals surface area contributed by atoms with Crippen LogP contribution in [0.5, 0.6) is 5.75 Å². The third-order valence-electron chi connectivity index (χ3n) is 6.60. The van der Waals surface area contributed by atoms with Crippen molar-refractivity contribution in [1.82, 2.24) is 20.1 Å². The first-order valence-corrected chi connectivity index (χ1v) is 12.6. The molecular formula is C26H28N6OS. The van der Waals surface area contributed by atoms with Gasteiger partial charge in [-0.2, -0.15) is 5.10 Å². The highest BCUT2D eigenvalue weighted by Crippen LogP contribution is 2.45. The molecule has 2 aromatic carbocycles. The Kier molecular flexibility index (Phi) is 5.76. The first kappa shape index (κ1) is 21.3. The molecule has 174 valence electrons. The van der Waals surface area contributed by atoms with Gasteiger partial charge in [-0.1, -0.05) is 36.0 Å². The van der Waals surface area contributed by atoms with Crippen molar-refractivity contribution >= 4 is 34.3 Å². The summed E-state index contributed by atoms with van der Waals surface area (Å²) in [6.45, 7) is 2.79. The SMILES string of the molecule is COc1ccc(Cn2nc(NC3Sc4ccccc4N3C3CCNCC3)c3ncccc32)cc1. The Labute approximate surface area is 203 Å². The number of pyridine rings is 1. The molecule has 7 nitrogen and oxygen atoms in total. The van der Waals surface area contributed by atoms with E-state index < -0.39 is 0 Å². The summed E-state index contributed by atoms with van der Waals surface area (Å²) < 4.78 is 7.34. The number of fused-ring (bicyclic) bond motifs is 2. The second-order valence-electron chi connectivity index (χ2n) is 8.70. The van der Waals surface area contributed by atoms with E-state index in [1.165, 1.54) is 16.1 Å². The van der Waals surface area contributed by atoms with Gasteiger partial charge in [-0.05, 0) is 67.9 Å². The molecule has 6 rings (SSSR count). The second-order valence-corrected chi connectivity index (χ2v) is 9.82. The summed E-state index contributed by atoms with van der Waals surface area (Å²) in [5.74, 6) is 1.68. The average Bonchev–Trinajstić information content (AvgIpc) is 3.43. The number of ether oxygens (including phenoxy) is 1. The number of nitrogens with one attached hydrogen (secondary N) is 2. The fraction of sp³-hybridized carbons (Fsp3) is 0.308. The number of para-hydroxylation sites is 1. The maximum atomic E-state index is 5.30. The van der Waals surface area contributed by atoms with Crippen LogP contribution in [0.2, 0.25) is 0 Å². The van der Waals surface area contributed by atoms with Crippen molar-refractivity contribution in [3.05, 3.63) is 72.4 Å². The summed E-state index contributed by atoms with van der Waals surface area (Å²) in [5.41, 5.74) is 4.48. The highest BCUT2D eigenvalue weighted by Gasteiger charge is 2.36. The number of benzene rings is 2. The summed E-state index contributed by atoms with van der Waals surface area (Å²) in [6.07, 6.45) is 4.12. The molecule has 2 aliphatic rings. The number of anilines is 2. The highest BCUT2D eigenvalue weighted by molar-refractivity contribution is 8.00.